The summed E-state index contributed by atoms with van der Waals surface area (Å²) in [5, 5.41) is 0. The molecule has 0 saturated carbocycles. The zero-order valence-corrected chi connectivity index (χ0v) is 18.6. The third kappa shape index (κ3) is 4.24. The highest BCUT2D eigenvalue weighted by molar-refractivity contribution is 6.22. The van der Waals surface area contributed by atoms with Gasteiger partial charge < -0.3 is 13.9 Å². The first kappa shape index (κ1) is 22.3. The maximum Gasteiger partial charge on any atom is 0.330 e. The van der Waals surface area contributed by atoms with E-state index >= 15 is 0 Å². The third-order valence-electron chi connectivity index (χ3n) is 5.78. The predicted octanol–water partition coefficient (Wildman–Crippen LogP) is 4.10. The molecule has 0 aliphatic carbocycles. The molecule has 0 fully saturated rings. The van der Waals surface area contributed by atoms with Crippen LogP contribution in [-0.2, 0) is 16.1 Å². The molecule has 2 aromatic carbocycles. The number of hydrogen-bond acceptors (Lipinski definition) is 7. The molecule has 1 aliphatic rings. The smallest absolute Gasteiger partial charge is 0.330 e. The van der Waals surface area contributed by atoms with Gasteiger partial charge in [0.1, 0.15) is 30.4 Å². The summed E-state index contributed by atoms with van der Waals surface area (Å²) >= 11 is 0. The molecule has 1 aromatic heterocycles. The SMILES string of the molecule is CC[C@H](C)[C@@H](C(=O)OCc1coc(-c2ccc(OC)cc2)n1)N1C(=O)c2ccccc2C1=O. The number of amides is 2. The van der Waals surface area contributed by atoms with E-state index in [1.807, 2.05) is 26.0 Å². The Kier molecular flexibility index (Phi) is 6.26. The first-order valence-corrected chi connectivity index (χ1v) is 10.7. The van der Waals surface area contributed by atoms with Crippen molar-refractivity contribution in [2.75, 3.05) is 7.11 Å². The molecule has 0 radical (unpaired) electrons. The standard InChI is InChI=1S/C25H24N2O6/c1-4-15(2)21(27-23(28)19-7-5-6-8-20(19)24(27)29)25(30)33-14-17-13-32-22(26-17)16-9-11-18(31-3)12-10-16/h5-13,15,21H,4,14H2,1-3H3/t15-,21-/m0/s1. The van der Waals surface area contributed by atoms with Crippen molar-refractivity contribution in [3.8, 4) is 17.2 Å². The lowest BCUT2D eigenvalue weighted by Gasteiger charge is -2.28. The van der Waals surface area contributed by atoms with Crippen LogP contribution in [0, 0.1) is 5.92 Å². The van der Waals surface area contributed by atoms with E-state index < -0.39 is 23.8 Å². The fourth-order valence-electron chi connectivity index (χ4n) is 3.75. The molecule has 33 heavy (non-hydrogen) atoms. The molecule has 1 aliphatic heterocycles. The molecule has 0 unspecified atom stereocenters. The van der Waals surface area contributed by atoms with Crippen LogP contribution < -0.4 is 4.74 Å². The Morgan fingerprint density at radius 3 is 2.27 bits per heavy atom. The van der Waals surface area contributed by atoms with Gasteiger partial charge in [-0.1, -0.05) is 32.4 Å². The maximum absolute atomic E-state index is 13.1. The van der Waals surface area contributed by atoms with Crippen LogP contribution in [-0.4, -0.2) is 40.8 Å². The number of fused-ring (bicyclic) bond motifs is 1. The molecule has 8 nitrogen and oxygen atoms in total. The molecule has 0 spiro atoms. The number of ether oxygens (including phenoxy) is 2. The van der Waals surface area contributed by atoms with Gasteiger partial charge in [0.05, 0.1) is 18.2 Å². The summed E-state index contributed by atoms with van der Waals surface area (Å²) in [5.74, 6) is -0.826. The number of nitrogens with zero attached hydrogens (tertiary/aromatic N) is 2. The van der Waals surface area contributed by atoms with Gasteiger partial charge in [0.2, 0.25) is 5.89 Å². The summed E-state index contributed by atoms with van der Waals surface area (Å²) in [4.78, 5) is 44.3. The Morgan fingerprint density at radius 1 is 1.06 bits per heavy atom. The Hall–Kier alpha value is -3.94. The zero-order valence-electron chi connectivity index (χ0n) is 18.6. The number of esters is 1. The Labute approximate surface area is 191 Å². The van der Waals surface area contributed by atoms with Crippen molar-refractivity contribution in [3.63, 3.8) is 0 Å². The lowest BCUT2D eigenvalue weighted by Crippen LogP contribution is -2.49. The quantitative estimate of drug-likeness (QED) is 0.378. The van der Waals surface area contributed by atoms with E-state index in [4.69, 9.17) is 13.9 Å². The van der Waals surface area contributed by atoms with Crippen molar-refractivity contribution in [2.45, 2.75) is 32.9 Å². The molecular formula is C25H24N2O6. The van der Waals surface area contributed by atoms with Gasteiger partial charge in [0.25, 0.3) is 11.8 Å². The molecule has 3 aromatic rings. The van der Waals surface area contributed by atoms with Gasteiger partial charge in [-0.2, -0.15) is 0 Å². The molecule has 4 rings (SSSR count). The fraction of sp³-hybridized carbons (Fsp3) is 0.280. The second kappa shape index (κ2) is 9.28. The predicted molar refractivity (Wildman–Crippen MR) is 118 cm³/mol. The van der Waals surface area contributed by atoms with Crippen LogP contribution in [0.4, 0.5) is 0 Å². The lowest BCUT2D eigenvalue weighted by molar-refractivity contribution is -0.151. The topological polar surface area (TPSA) is 98.9 Å². The van der Waals surface area contributed by atoms with Crippen molar-refractivity contribution in [1.82, 2.24) is 9.88 Å². The number of methoxy groups -OCH3 is 1. The summed E-state index contributed by atoms with van der Waals surface area (Å²) < 4.78 is 16.1. The van der Waals surface area contributed by atoms with E-state index in [-0.39, 0.29) is 12.5 Å². The van der Waals surface area contributed by atoms with Gasteiger partial charge in [-0.3, -0.25) is 14.5 Å². The number of carbonyl (C=O) groups excluding carboxylic acids is 3. The van der Waals surface area contributed by atoms with Crippen molar-refractivity contribution >= 4 is 17.8 Å². The first-order chi connectivity index (χ1) is 15.9. The molecule has 0 N–H and O–H groups in total. The molecule has 170 valence electrons. The molecule has 2 atom stereocenters. The number of hydrogen-bond donors (Lipinski definition) is 0. The van der Waals surface area contributed by atoms with Gasteiger partial charge in [-0.05, 0) is 42.3 Å². The van der Waals surface area contributed by atoms with E-state index in [0.29, 0.717) is 34.9 Å². The number of aromatic nitrogens is 1. The van der Waals surface area contributed by atoms with Gasteiger partial charge in [0.15, 0.2) is 0 Å². The average Bonchev–Trinajstić information content (AvgIpc) is 3.42. The summed E-state index contributed by atoms with van der Waals surface area (Å²) in [6, 6.07) is 12.7. The first-order valence-electron chi connectivity index (χ1n) is 10.7. The van der Waals surface area contributed by atoms with E-state index in [1.165, 1.54) is 6.26 Å². The minimum atomic E-state index is -1.03. The number of rotatable bonds is 8. The molecular weight excluding hydrogens is 424 g/mol. The van der Waals surface area contributed by atoms with Gasteiger partial charge in [-0.25, -0.2) is 9.78 Å². The Morgan fingerprint density at radius 2 is 1.70 bits per heavy atom. The minimum Gasteiger partial charge on any atom is -0.497 e. The highest BCUT2D eigenvalue weighted by atomic mass is 16.5. The minimum absolute atomic E-state index is 0.144. The van der Waals surface area contributed by atoms with Crippen LogP contribution in [0.5, 0.6) is 5.75 Å². The zero-order chi connectivity index (χ0) is 23.5. The Bertz CT molecular complexity index is 1150. The molecule has 0 bridgehead atoms. The van der Waals surface area contributed by atoms with Crippen LogP contribution >= 0.6 is 0 Å². The van der Waals surface area contributed by atoms with Gasteiger partial charge in [0, 0.05) is 5.56 Å². The van der Waals surface area contributed by atoms with Crippen LogP contribution in [0.25, 0.3) is 11.5 Å². The van der Waals surface area contributed by atoms with Gasteiger partial charge in [-0.15, -0.1) is 0 Å². The monoisotopic (exact) mass is 448 g/mol. The second-order valence-electron chi connectivity index (χ2n) is 7.84. The second-order valence-corrected chi connectivity index (χ2v) is 7.84. The number of benzene rings is 2. The maximum atomic E-state index is 13.1. The van der Waals surface area contributed by atoms with E-state index in [1.54, 1.807) is 43.5 Å². The third-order valence-corrected chi connectivity index (χ3v) is 5.78. The normalized spacial score (nSPS) is 14.7. The van der Waals surface area contributed by atoms with E-state index in [0.717, 1.165) is 10.5 Å². The summed E-state index contributed by atoms with van der Waals surface area (Å²) in [6.07, 6.45) is 1.99. The van der Waals surface area contributed by atoms with Crippen LogP contribution in [0.3, 0.4) is 0 Å². The lowest BCUT2D eigenvalue weighted by atomic mass is 9.97. The van der Waals surface area contributed by atoms with Gasteiger partial charge >= 0.3 is 5.97 Å². The number of carbonyl (C=O) groups is 3. The largest absolute Gasteiger partial charge is 0.497 e. The molecule has 2 heterocycles. The van der Waals surface area contributed by atoms with Crippen LogP contribution in [0.15, 0.2) is 59.2 Å². The van der Waals surface area contributed by atoms with E-state index in [9.17, 15) is 14.4 Å². The van der Waals surface area contributed by atoms with Crippen LogP contribution in [0.1, 0.15) is 46.7 Å². The number of imide groups is 1. The van der Waals surface area contributed by atoms with Crippen molar-refractivity contribution < 1.29 is 28.3 Å². The fourth-order valence-corrected chi connectivity index (χ4v) is 3.75. The summed E-state index contributed by atoms with van der Waals surface area (Å²) in [7, 11) is 1.58. The Balaban J connectivity index is 1.48. The molecule has 2 amide bonds. The van der Waals surface area contributed by atoms with Crippen molar-refractivity contribution in [3.05, 3.63) is 71.6 Å². The van der Waals surface area contributed by atoms with Crippen LogP contribution in [0.2, 0.25) is 0 Å². The number of oxazole rings is 1. The van der Waals surface area contributed by atoms with Crippen molar-refractivity contribution in [2.24, 2.45) is 5.92 Å². The highest BCUT2D eigenvalue weighted by Gasteiger charge is 2.45. The van der Waals surface area contributed by atoms with Crippen molar-refractivity contribution in [1.29, 1.82) is 0 Å². The van der Waals surface area contributed by atoms with E-state index in [2.05, 4.69) is 4.98 Å². The highest BCUT2D eigenvalue weighted by Crippen LogP contribution is 2.29. The average molecular weight is 448 g/mol. The molecule has 8 heteroatoms. The molecule has 0 saturated heterocycles. The summed E-state index contributed by atoms with van der Waals surface area (Å²) in [5.41, 5.74) is 1.75. The summed E-state index contributed by atoms with van der Waals surface area (Å²) in [6.45, 7) is 3.56.